The fraction of sp³-hybridized carbons (Fsp3) is 0.533. The fourth-order valence-corrected chi connectivity index (χ4v) is 4.68. The lowest BCUT2D eigenvalue weighted by Crippen LogP contribution is -2.46. The number of hydrogen-bond donors (Lipinski definition) is 0. The molecule has 190 valence electrons. The van der Waals surface area contributed by atoms with E-state index in [1.165, 1.54) is 5.56 Å². The third-order valence-electron chi connectivity index (χ3n) is 6.55. The summed E-state index contributed by atoms with van der Waals surface area (Å²) in [5.41, 5.74) is 1.69. The monoisotopic (exact) mass is 478 g/mol. The number of carbonyl (C=O) groups excluding carboxylic acids is 2. The maximum atomic E-state index is 13.5. The standard InChI is InChI=1S/C30H42N2O3/c1-5-31-19-13-6-7-14-20-32(28(33)22-30(2,3)4)25(21-24-15-9-8-10-16-24)23-35-27-18-12-11-17-26(27)29(31)34/h8-12,15-18,25H,5-7,13-14,19-23H2,1-4H3/t25-/m0/s1. The van der Waals surface area contributed by atoms with Gasteiger partial charge < -0.3 is 14.5 Å². The van der Waals surface area contributed by atoms with Crippen molar-refractivity contribution in [2.24, 2.45) is 5.41 Å². The minimum absolute atomic E-state index is 0.0143. The van der Waals surface area contributed by atoms with Crippen molar-refractivity contribution in [3.63, 3.8) is 0 Å². The highest BCUT2D eigenvalue weighted by Gasteiger charge is 2.28. The van der Waals surface area contributed by atoms with E-state index >= 15 is 0 Å². The lowest BCUT2D eigenvalue weighted by atomic mass is 9.91. The first-order valence-corrected chi connectivity index (χ1v) is 13.1. The second-order valence-corrected chi connectivity index (χ2v) is 10.8. The van der Waals surface area contributed by atoms with Crippen LogP contribution in [0, 0.1) is 5.41 Å². The Labute approximate surface area is 211 Å². The van der Waals surface area contributed by atoms with Crippen LogP contribution in [0.1, 0.15) is 75.7 Å². The molecule has 2 amide bonds. The number of rotatable bonds is 4. The SMILES string of the molecule is CCN1CCCCCCN(C(=O)CC(C)(C)C)[C@@H](Cc2ccccc2)COc2ccccc2C1=O. The number of hydrogen-bond acceptors (Lipinski definition) is 3. The Hall–Kier alpha value is -2.82. The quantitative estimate of drug-likeness (QED) is 0.543. The largest absolute Gasteiger partial charge is 0.491 e. The zero-order valence-corrected chi connectivity index (χ0v) is 22.0. The molecule has 0 radical (unpaired) electrons. The molecule has 0 aromatic heterocycles. The number of carbonyl (C=O) groups is 2. The average Bonchev–Trinajstić information content (AvgIpc) is 2.83. The summed E-state index contributed by atoms with van der Waals surface area (Å²) in [6, 6.07) is 17.7. The van der Waals surface area contributed by atoms with E-state index in [1.807, 2.05) is 59.2 Å². The number of nitrogens with zero attached hydrogens (tertiary/aromatic N) is 2. The second-order valence-electron chi connectivity index (χ2n) is 10.8. The van der Waals surface area contributed by atoms with Crippen LogP contribution in [0.2, 0.25) is 0 Å². The third-order valence-corrected chi connectivity index (χ3v) is 6.55. The van der Waals surface area contributed by atoms with E-state index < -0.39 is 0 Å². The Morgan fingerprint density at radius 1 is 0.943 bits per heavy atom. The summed E-state index contributed by atoms with van der Waals surface area (Å²) in [7, 11) is 0. The van der Waals surface area contributed by atoms with Gasteiger partial charge in [0.1, 0.15) is 12.4 Å². The van der Waals surface area contributed by atoms with Gasteiger partial charge >= 0.3 is 0 Å². The Kier molecular flexibility index (Phi) is 9.76. The smallest absolute Gasteiger partial charge is 0.257 e. The van der Waals surface area contributed by atoms with Gasteiger partial charge in [-0.05, 0) is 49.3 Å². The highest BCUT2D eigenvalue weighted by molar-refractivity contribution is 5.96. The van der Waals surface area contributed by atoms with Gasteiger partial charge in [0.15, 0.2) is 0 Å². The summed E-state index contributed by atoms with van der Waals surface area (Å²) in [6.45, 7) is 10.9. The van der Waals surface area contributed by atoms with Crippen molar-refractivity contribution in [2.45, 2.75) is 72.3 Å². The fourth-order valence-electron chi connectivity index (χ4n) is 4.68. The number of amides is 2. The van der Waals surface area contributed by atoms with Crippen molar-refractivity contribution in [1.82, 2.24) is 9.80 Å². The van der Waals surface area contributed by atoms with Gasteiger partial charge in [-0.2, -0.15) is 0 Å². The summed E-state index contributed by atoms with van der Waals surface area (Å²) in [5.74, 6) is 0.783. The van der Waals surface area contributed by atoms with Gasteiger partial charge in [-0.3, -0.25) is 9.59 Å². The minimum atomic E-state index is -0.111. The van der Waals surface area contributed by atoms with Crippen LogP contribution in [0.15, 0.2) is 54.6 Å². The molecule has 0 bridgehead atoms. The lowest BCUT2D eigenvalue weighted by Gasteiger charge is -2.34. The van der Waals surface area contributed by atoms with E-state index in [2.05, 4.69) is 32.9 Å². The van der Waals surface area contributed by atoms with Crippen molar-refractivity contribution >= 4 is 11.8 Å². The maximum Gasteiger partial charge on any atom is 0.257 e. The molecule has 5 heteroatoms. The van der Waals surface area contributed by atoms with Crippen LogP contribution in [-0.4, -0.2) is 53.9 Å². The second kappa shape index (κ2) is 12.8. The van der Waals surface area contributed by atoms with Crippen LogP contribution in [0.5, 0.6) is 5.75 Å². The van der Waals surface area contributed by atoms with E-state index in [1.54, 1.807) is 0 Å². The van der Waals surface area contributed by atoms with E-state index in [0.29, 0.717) is 37.3 Å². The molecule has 1 aliphatic rings. The molecule has 0 saturated heterocycles. The molecule has 2 aromatic rings. The highest BCUT2D eigenvalue weighted by Crippen LogP contribution is 2.25. The molecule has 0 spiro atoms. The van der Waals surface area contributed by atoms with E-state index in [0.717, 1.165) is 38.8 Å². The molecule has 0 fully saturated rings. The van der Waals surface area contributed by atoms with Crippen molar-refractivity contribution < 1.29 is 14.3 Å². The normalized spacial score (nSPS) is 18.4. The predicted octanol–water partition coefficient (Wildman–Crippen LogP) is 5.98. The minimum Gasteiger partial charge on any atom is -0.491 e. The number of ether oxygens (including phenoxy) is 1. The predicted molar refractivity (Wildman–Crippen MR) is 142 cm³/mol. The molecular formula is C30H42N2O3. The summed E-state index contributed by atoms with van der Waals surface area (Å²) in [4.78, 5) is 30.8. The van der Waals surface area contributed by atoms with Gasteiger partial charge in [0.05, 0.1) is 11.6 Å². The Morgan fingerprint density at radius 3 is 2.29 bits per heavy atom. The van der Waals surface area contributed by atoms with Crippen LogP contribution < -0.4 is 4.74 Å². The van der Waals surface area contributed by atoms with Crippen LogP contribution in [0.25, 0.3) is 0 Å². The molecular weight excluding hydrogens is 436 g/mol. The van der Waals surface area contributed by atoms with Crippen LogP contribution in [0.4, 0.5) is 0 Å². The Morgan fingerprint density at radius 2 is 1.60 bits per heavy atom. The zero-order chi connectivity index (χ0) is 25.3. The summed E-state index contributed by atoms with van der Waals surface area (Å²) < 4.78 is 6.35. The molecule has 1 aliphatic heterocycles. The van der Waals surface area contributed by atoms with Gasteiger partial charge in [0.25, 0.3) is 5.91 Å². The molecule has 5 nitrogen and oxygen atoms in total. The van der Waals surface area contributed by atoms with E-state index in [9.17, 15) is 9.59 Å². The molecule has 1 atom stereocenters. The summed E-state index contributed by atoms with van der Waals surface area (Å²) >= 11 is 0. The average molecular weight is 479 g/mol. The third kappa shape index (κ3) is 8.12. The van der Waals surface area contributed by atoms with Crippen molar-refractivity contribution in [3.05, 3.63) is 65.7 Å². The first-order chi connectivity index (χ1) is 16.8. The maximum absolute atomic E-state index is 13.5. The van der Waals surface area contributed by atoms with Crippen molar-refractivity contribution in [1.29, 1.82) is 0 Å². The van der Waals surface area contributed by atoms with E-state index in [4.69, 9.17) is 4.74 Å². The Balaban J connectivity index is 1.94. The summed E-state index contributed by atoms with van der Waals surface area (Å²) in [5, 5.41) is 0. The summed E-state index contributed by atoms with van der Waals surface area (Å²) in [6.07, 6.45) is 5.23. The molecule has 3 rings (SSSR count). The van der Waals surface area contributed by atoms with Crippen LogP contribution in [-0.2, 0) is 11.2 Å². The van der Waals surface area contributed by atoms with Crippen molar-refractivity contribution in [2.75, 3.05) is 26.2 Å². The first kappa shape index (κ1) is 26.8. The molecule has 0 saturated carbocycles. The Bertz CT molecular complexity index is 952. The number of fused-ring (bicyclic) bond motifs is 1. The van der Waals surface area contributed by atoms with Gasteiger partial charge in [-0.25, -0.2) is 0 Å². The molecule has 0 unspecified atom stereocenters. The van der Waals surface area contributed by atoms with Gasteiger partial charge in [-0.1, -0.05) is 76.1 Å². The topological polar surface area (TPSA) is 49.9 Å². The molecule has 0 aliphatic carbocycles. The molecule has 0 N–H and O–H groups in total. The van der Waals surface area contributed by atoms with Crippen LogP contribution >= 0.6 is 0 Å². The lowest BCUT2D eigenvalue weighted by molar-refractivity contribution is -0.136. The molecule has 1 heterocycles. The van der Waals surface area contributed by atoms with Crippen LogP contribution in [0.3, 0.4) is 0 Å². The molecule has 35 heavy (non-hydrogen) atoms. The molecule has 2 aromatic carbocycles. The van der Waals surface area contributed by atoms with Gasteiger partial charge in [0, 0.05) is 26.1 Å². The van der Waals surface area contributed by atoms with E-state index in [-0.39, 0.29) is 23.3 Å². The number of benzene rings is 2. The first-order valence-electron chi connectivity index (χ1n) is 13.1. The zero-order valence-electron chi connectivity index (χ0n) is 22.0. The van der Waals surface area contributed by atoms with Crippen molar-refractivity contribution in [3.8, 4) is 5.75 Å². The van der Waals surface area contributed by atoms with Gasteiger partial charge in [0.2, 0.25) is 5.91 Å². The van der Waals surface area contributed by atoms with Gasteiger partial charge in [-0.15, -0.1) is 0 Å². The highest BCUT2D eigenvalue weighted by atomic mass is 16.5. The number of para-hydroxylation sites is 1.